The van der Waals surface area contributed by atoms with E-state index in [0.29, 0.717) is 12.1 Å². The first-order chi connectivity index (χ1) is 9.52. The topological polar surface area (TPSA) is 70.2 Å². The molecule has 5 heteroatoms. The molecular weight excluding hydrogens is 254 g/mol. The van der Waals surface area contributed by atoms with Gasteiger partial charge in [-0.25, -0.2) is 0 Å². The highest BCUT2D eigenvalue weighted by Gasteiger charge is 2.07. The average molecular weight is 277 g/mol. The molecule has 1 rings (SSSR count). The molecule has 0 spiro atoms. The Kier molecular flexibility index (Phi) is 6.56. The minimum atomic E-state index is -0.112. The monoisotopic (exact) mass is 277 g/mol. The smallest absolute Gasteiger partial charge is 0.251 e. The second-order valence-corrected chi connectivity index (χ2v) is 4.91. The van der Waals surface area contributed by atoms with Gasteiger partial charge in [0.15, 0.2) is 0 Å². The SMILES string of the molecule is CCCNC(=O)CNc1cccc(C(=O)NC(C)C)c1. The molecule has 0 atom stereocenters. The normalized spacial score (nSPS) is 10.2. The van der Waals surface area contributed by atoms with Gasteiger partial charge in [0.05, 0.1) is 6.54 Å². The number of benzene rings is 1. The first kappa shape index (κ1) is 16.0. The van der Waals surface area contributed by atoms with E-state index in [-0.39, 0.29) is 24.4 Å². The number of carbonyl (C=O) groups is 2. The lowest BCUT2D eigenvalue weighted by atomic mass is 10.2. The van der Waals surface area contributed by atoms with Crippen molar-refractivity contribution in [3.63, 3.8) is 0 Å². The quantitative estimate of drug-likeness (QED) is 0.711. The van der Waals surface area contributed by atoms with Crippen LogP contribution in [0.2, 0.25) is 0 Å². The summed E-state index contributed by atoms with van der Waals surface area (Å²) in [4.78, 5) is 23.4. The molecule has 0 heterocycles. The third-order valence-electron chi connectivity index (χ3n) is 2.57. The summed E-state index contributed by atoms with van der Waals surface area (Å²) in [5, 5.41) is 8.63. The van der Waals surface area contributed by atoms with Crippen LogP contribution in [0, 0.1) is 0 Å². The predicted octanol–water partition coefficient (Wildman–Crippen LogP) is 1.76. The number of rotatable bonds is 7. The van der Waals surface area contributed by atoms with Gasteiger partial charge in [-0.15, -0.1) is 0 Å². The Morgan fingerprint density at radius 2 is 2.00 bits per heavy atom. The summed E-state index contributed by atoms with van der Waals surface area (Å²) in [5.74, 6) is -0.164. The van der Waals surface area contributed by atoms with Crippen molar-refractivity contribution >= 4 is 17.5 Å². The van der Waals surface area contributed by atoms with Crippen LogP contribution in [-0.4, -0.2) is 30.9 Å². The molecule has 2 amide bonds. The lowest BCUT2D eigenvalue weighted by Crippen LogP contribution is -2.31. The molecule has 0 fully saturated rings. The van der Waals surface area contributed by atoms with Crippen LogP contribution in [-0.2, 0) is 4.79 Å². The fraction of sp³-hybridized carbons (Fsp3) is 0.467. The molecule has 0 radical (unpaired) electrons. The van der Waals surface area contributed by atoms with Gasteiger partial charge in [-0.1, -0.05) is 13.0 Å². The summed E-state index contributed by atoms with van der Waals surface area (Å²) in [5.41, 5.74) is 1.34. The molecule has 3 N–H and O–H groups in total. The van der Waals surface area contributed by atoms with E-state index in [9.17, 15) is 9.59 Å². The molecule has 0 saturated heterocycles. The number of hydrogen-bond acceptors (Lipinski definition) is 3. The minimum absolute atomic E-state index is 0.0520. The zero-order valence-electron chi connectivity index (χ0n) is 12.3. The largest absolute Gasteiger partial charge is 0.376 e. The van der Waals surface area contributed by atoms with Crippen molar-refractivity contribution in [2.45, 2.75) is 33.2 Å². The van der Waals surface area contributed by atoms with E-state index < -0.39 is 0 Å². The van der Waals surface area contributed by atoms with Gasteiger partial charge in [0, 0.05) is 23.8 Å². The van der Waals surface area contributed by atoms with Gasteiger partial charge in [0.2, 0.25) is 5.91 Å². The third-order valence-corrected chi connectivity index (χ3v) is 2.57. The van der Waals surface area contributed by atoms with E-state index in [1.807, 2.05) is 26.8 Å². The number of hydrogen-bond donors (Lipinski definition) is 3. The molecule has 0 aliphatic rings. The molecular formula is C15H23N3O2. The molecule has 0 aliphatic carbocycles. The second kappa shape index (κ2) is 8.19. The summed E-state index contributed by atoms with van der Waals surface area (Å²) >= 11 is 0. The van der Waals surface area contributed by atoms with Gasteiger partial charge in [0.1, 0.15) is 0 Å². The van der Waals surface area contributed by atoms with Crippen molar-refractivity contribution < 1.29 is 9.59 Å². The fourth-order valence-corrected chi connectivity index (χ4v) is 1.63. The van der Waals surface area contributed by atoms with Crippen LogP contribution in [0.25, 0.3) is 0 Å². The Hall–Kier alpha value is -2.04. The molecule has 110 valence electrons. The van der Waals surface area contributed by atoms with Gasteiger partial charge in [0.25, 0.3) is 5.91 Å². The highest BCUT2D eigenvalue weighted by atomic mass is 16.2. The summed E-state index contributed by atoms with van der Waals surface area (Å²) < 4.78 is 0. The Balaban J connectivity index is 2.55. The maximum absolute atomic E-state index is 11.9. The van der Waals surface area contributed by atoms with Gasteiger partial charge in [-0.2, -0.15) is 0 Å². The highest BCUT2D eigenvalue weighted by Crippen LogP contribution is 2.10. The van der Waals surface area contributed by atoms with Crippen molar-refractivity contribution in [1.82, 2.24) is 10.6 Å². The zero-order valence-corrected chi connectivity index (χ0v) is 12.3. The van der Waals surface area contributed by atoms with E-state index in [4.69, 9.17) is 0 Å². The molecule has 0 unspecified atom stereocenters. The van der Waals surface area contributed by atoms with Crippen LogP contribution < -0.4 is 16.0 Å². The summed E-state index contributed by atoms with van der Waals surface area (Å²) in [6, 6.07) is 7.21. The lowest BCUT2D eigenvalue weighted by molar-refractivity contribution is -0.119. The first-order valence-electron chi connectivity index (χ1n) is 6.94. The maximum Gasteiger partial charge on any atom is 0.251 e. The van der Waals surface area contributed by atoms with Crippen LogP contribution in [0.1, 0.15) is 37.6 Å². The number of anilines is 1. The second-order valence-electron chi connectivity index (χ2n) is 4.91. The third kappa shape index (κ3) is 5.73. The number of nitrogens with one attached hydrogen (secondary N) is 3. The summed E-state index contributed by atoms with van der Waals surface area (Å²) in [6.07, 6.45) is 0.913. The molecule has 0 aliphatic heterocycles. The summed E-state index contributed by atoms with van der Waals surface area (Å²) in [6.45, 7) is 6.72. The van der Waals surface area contributed by atoms with Gasteiger partial charge >= 0.3 is 0 Å². The highest BCUT2D eigenvalue weighted by molar-refractivity contribution is 5.95. The minimum Gasteiger partial charge on any atom is -0.376 e. The van der Waals surface area contributed by atoms with Crippen LogP contribution in [0.3, 0.4) is 0 Å². The van der Waals surface area contributed by atoms with Gasteiger partial charge in [-0.05, 0) is 38.5 Å². The maximum atomic E-state index is 11.9. The molecule has 1 aromatic rings. The van der Waals surface area contributed by atoms with E-state index in [2.05, 4.69) is 16.0 Å². The van der Waals surface area contributed by atoms with Crippen LogP contribution >= 0.6 is 0 Å². The Morgan fingerprint density at radius 3 is 2.65 bits per heavy atom. The standard InChI is InChI=1S/C15H23N3O2/c1-4-8-16-14(19)10-17-13-7-5-6-12(9-13)15(20)18-11(2)3/h5-7,9,11,17H,4,8,10H2,1-3H3,(H,16,19)(H,18,20). The van der Waals surface area contributed by atoms with Crippen LogP contribution in [0.4, 0.5) is 5.69 Å². The molecule has 20 heavy (non-hydrogen) atoms. The summed E-state index contributed by atoms with van der Waals surface area (Å²) in [7, 11) is 0. The average Bonchev–Trinajstić information content (AvgIpc) is 2.42. The van der Waals surface area contributed by atoms with E-state index in [1.165, 1.54) is 0 Å². The van der Waals surface area contributed by atoms with Crippen molar-refractivity contribution in [3.05, 3.63) is 29.8 Å². The predicted molar refractivity (Wildman–Crippen MR) is 80.8 cm³/mol. The van der Waals surface area contributed by atoms with Crippen molar-refractivity contribution in [2.24, 2.45) is 0 Å². The number of carbonyl (C=O) groups excluding carboxylic acids is 2. The Bertz CT molecular complexity index is 458. The van der Waals surface area contributed by atoms with Crippen LogP contribution in [0.5, 0.6) is 0 Å². The fourth-order valence-electron chi connectivity index (χ4n) is 1.63. The van der Waals surface area contributed by atoms with E-state index in [1.54, 1.807) is 18.2 Å². The van der Waals surface area contributed by atoms with E-state index in [0.717, 1.165) is 12.1 Å². The van der Waals surface area contributed by atoms with Crippen molar-refractivity contribution in [2.75, 3.05) is 18.4 Å². The zero-order chi connectivity index (χ0) is 15.0. The molecule has 0 aromatic heterocycles. The molecule has 5 nitrogen and oxygen atoms in total. The van der Waals surface area contributed by atoms with Crippen LogP contribution in [0.15, 0.2) is 24.3 Å². The Morgan fingerprint density at radius 1 is 1.25 bits per heavy atom. The molecule has 1 aromatic carbocycles. The van der Waals surface area contributed by atoms with E-state index >= 15 is 0 Å². The molecule has 0 bridgehead atoms. The first-order valence-corrected chi connectivity index (χ1v) is 6.94. The van der Waals surface area contributed by atoms with Gasteiger partial charge < -0.3 is 16.0 Å². The molecule has 0 saturated carbocycles. The van der Waals surface area contributed by atoms with Gasteiger partial charge in [-0.3, -0.25) is 9.59 Å². The van der Waals surface area contributed by atoms with Crippen molar-refractivity contribution in [3.8, 4) is 0 Å². The number of amides is 2. The Labute approximate surface area is 120 Å². The van der Waals surface area contributed by atoms with Crippen molar-refractivity contribution in [1.29, 1.82) is 0 Å². The lowest BCUT2D eigenvalue weighted by Gasteiger charge is -2.10.